The molecule has 0 aliphatic carbocycles. The van der Waals surface area contributed by atoms with Crippen molar-refractivity contribution < 1.29 is 4.74 Å². The summed E-state index contributed by atoms with van der Waals surface area (Å²) in [5.74, 6) is 2.44. The molecule has 0 saturated heterocycles. The highest BCUT2D eigenvalue weighted by Gasteiger charge is 2.20. The topological polar surface area (TPSA) is 9.23 Å². The summed E-state index contributed by atoms with van der Waals surface area (Å²) in [6, 6.07) is 11.2. The molecule has 1 nitrogen and oxygen atoms in total. The van der Waals surface area contributed by atoms with Crippen LogP contribution in [0.15, 0.2) is 30.3 Å². The highest BCUT2D eigenvalue weighted by molar-refractivity contribution is 5.77. The number of benzene rings is 2. The van der Waals surface area contributed by atoms with Gasteiger partial charge in [-0.1, -0.05) is 59.7 Å². The van der Waals surface area contributed by atoms with E-state index < -0.39 is 0 Å². The standard InChI is InChI=1S/C23H32O/c1-14(2)18-11-20(15(3)4)23(21(12-18)16(5)6)22-13-19(24-8)10-9-17(22)7/h9-16H,1-8H3. The molecule has 2 aromatic rings. The molecule has 0 fully saturated rings. The lowest BCUT2D eigenvalue weighted by molar-refractivity contribution is 0.415. The van der Waals surface area contributed by atoms with Crippen molar-refractivity contribution in [3.8, 4) is 16.9 Å². The van der Waals surface area contributed by atoms with Crippen LogP contribution in [-0.4, -0.2) is 7.11 Å². The molecule has 0 unspecified atom stereocenters. The zero-order chi connectivity index (χ0) is 18.0. The number of methoxy groups -OCH3 is 1. The van der Waals surface area contributed by atoms with Crippen LogP contribution >= 0.6 is 0 Å². The van der Waals surface area contributed by atoms with Gasteiger partial charge in [-0.3, -0.25) is 0 Å². The number of rotatable bonds is 5. The van der Waals surface area contributed by atoms with Gasteiger partial charge in [0, 0.05) is 0 Å². The minimum atomic E-state index is 0.488. The van der Waals surface area contributed by atoms with Crippen molar-refractivity contribution in [2.45, 2.75) is 66.2 Å². The predicted octanol–water partition coefficient (Wildman–Crippen LogP) is 7.04. The Morgan fingerprint density at radius 3 is 1.71 bits per heavy atom. The molecule has 0 saturated carbocycles. The van der Waals surface area contributed by atoms with Crippen molar-refractivity contribution in [3.63, 3.8) is 0 Å². The van der Waals surface area contributed by atoms with E-state index in [-0.39, 0.29) is 0 Å². The maximum Gasteiger partial charge on any atom is 0.119 e. The van der Waals surface area contributed by atoms with Crippen molar-refractivity contribution in [3.05, 3.63) is 52.6 Å². The van der Waals surface area contributed by atoms with Crippen LogP contribution in [0.4, 0.5) is 0 Å². The third-order valence-corrected chi connectivity index (χ3v) is 4.85. The van der Waals surface area contributed by atoms with Gasteiger partial charge < -0.3 is 4.74 Å². The van der Waals surface area contributed by atoms with Gasteiger partial charge >= 0.3 is 0 Å². The van der Waals surface area contributed by atoms with Crippen LogP contribution in [0.2, 0.25) is 0 Å². The van der Waals surface area contributed by atoms with Gasteiger partial charge in [0.2, 0.25) is 0 Å². The van der Waals surface area contributed by atoms with Gasteiger partial charge in [0.1, 0.15) is 5.75 Å². The quantitative estimate of drug-likeness (QED) is 0.573. The SMILES string of the molecule is COc1ccc(C)c(-c2c(C(C)C)cc(C(C)C)cc2C(C)C)c1. The van der Waals surface area contributed by atoms with Gasteiger partial charge in [-0.15, -0.1) is 0 Å². The molecule has 24 heavy (non-hydrogen) atoms. The summed E-state index contributed by atoms with van der Waals surface area (Å²) >= 11 is 0. The first kappa shape index (κ1) is 18.6. The maximum atomic E-state index is 5.49. The van der Waals surface area contributed by atoms with Crippen molar-refractivity contribution in [1.82, 2.24) is 0 Å². The fraction of sp³-hybridized carbons (Fsp3) is 0.478. The van der Waals surface area contributed by atoms with E-state index in [9.17, 15) is 0 Å². The molecule has 0 aliphatic rings. The number of aryl methyl sites for hydroxylation is 1. The Labute approximate surface area is 148 Å². The first-order chi connectivity index (χ1) is 11.3. The molecular weight excluding hydrogens is 292 g/mol. The molecule has 0 N–H and O–H groups in total. The van der Waals surface area contributed by atoms with Crippen LogP contribution in [0.1, 0.15) is 81.5 Å². The number of hydrogen-bond donors (Lipinski definition) is 0. The highest BCUT2D eigenvalue weighted by atomic mass is 16.5. The van der Waals surface area contributed by atoms with Gasteiger partial charge in [0.15, 0.2) is 0 Å². The average Bonchev–Trinajstić information content (AvgIpc) is 2.53. The average molecular weight is 325 g/mol. The van der Waals surface area contributed by atoms with E-state index in [0.717, 1.165) is 5.75 Å². The Bertz CT molecular complexity index is 679. The first-order valence-electron chi connectivity index (χ1n) is 9.09. The van der Waals surface area contributed by atoms with E-state index in [4.69, 9.17) is 4.74 Å². The van der Waals surface area contributed by atoms with E-state index in [1.807, 2.05) is 6.07 Å². The lowest BCUT2D eigenvalue weighted by Crippen LogP contribution is -2.04. The van der Waals surface area contributed by atoms with Gasteiger partial charge in [0.05, 0.1) is 7.11 Å². The fourth-order valence-electron chi connectivity index (χ4n) is 3.26. The minimum absolute atomic E-state index is 0.488. The predicted molar refractivity (Wildman–Crippen MR) is 105 cm³/mol. The van der Waals surface area contributed by atoms with Crippen LogP contribution in [-0.2, 0) is 0 Å². The smallest absolute Gasteiger partial charge is 0.119 e. The van der Waals surface area contributed by atoms with Gasteiger partial charge in [-0.2, -0.15) is 0 Å². The van der Waals surface area contributed by atoms with E-state index in [1.165, 1.54) is 33.4 Å². The third-order valence-electron chi connectivity index (χ3n) is 4.85. The molecule has 130 valence electrons. The van der Waals surface area contributed by atoms with Crippen LogP contribution in [0.25, 0.3) is 11.1 Å². The second-order valence-electron chi connectivity index (χ2n) is 7.72. The number of hydrogen-bond acceptors (Lipinski definition) is 1. The Morgan fingerprint density at radius 2 is 1.29 bits per heavy atom. The summed E-state index contributed by atoms with van der Waals surface area (Å²) < 4.78 is 5.49. The normalized spacial score (nSPS) is 11.6. The maximum absolute atomic E-state index is 5.49. The first-order valence-corrected chi connectivity index (χ1v) is 9.09. The van der Waals surface area contributed by atoms with Crippen LogP contribution in [0, 0.1) is 6.92 Å². The minimum Gasteiger partial charge on any atom is -0.497 e. The van der Waals surface area contributed by atoms with Crippen molar-refractivity contribution in [2.75, 3.05) is 7.11 Å². The Hall–Kier alpha value is -1.76. The van der Waals surface area contributed by atoms with Crippen LogP contribution in [0.5, 0.6) is 5.75 Å². The summed E-state index contributed by atoms with van der Waals surface area (Å²) in [7, 11) is 1.74. The molecule has 1 heteroatoms. The summed E-state index contributed by atoms with van der Waals surface area (Å²) in [6.07, 6.45) is 0. The van der Waals surface area contributed by atoms with E-state index in [2.05, 4.69) is 72.7 Å². The Kier molecular flexibility index (Phi) is 5.74. The van der Waals surface area contributed by atoms with Crippen LogP contribution < -0.4 is 4.74 Å². The molecule has 2 aromatic carbocycles. The van der Waals surface area contributed by atoms with Crippen LogP contribution in [0.3, 0.4) is 0 Å². The summed E-state index contributed by atoms with van der Waals surface area (Å²) in [5, 5.41) is 0. The van der Waals surface area contributed by atoms with E-state index in [1.54, 1.807) is 7.11 Å². The van der Waals surface area contributed by atoms with Crippen molar-refractivity contribution >= 4 is 0 Å². The zero-order valence-corrected chi connectivity index (χ0v) is 16.5. The van der Waals surface area contributed by atoms with Gasteiger partial charge in [-0.25, -0.2) is 0 Å². The molecule has 0 radical (unpaired) electrons. The molecule has 0 amide bonds. The lowest BCUT2D eigenvalue weighted by atomic mass is 9.81. The molecule has 2 rings (SSSR count). The summed E-state index contributed by atoms with van der Waals surface area (Å²) in [4.78, 5) is 0. The van der Waals surface area contributed by atoms with E-state index in [0.29, 0.717) is 17.8 Å². The summed E-state index contributed by atoms with van der Waals surface area (Å²) in [6.45, 7) is 15.9. The van der Waals surface area contributed by atoms with E-state index >= 15 is 0 Å². The van der Waals surface area contributed by atoms with Crippen molar-refractivity contribution in [1.29, 1.82) is 0 Å². The third kappa shape index (κ3) is 3.66. The second kappa shape index (κ2) is 7.42. The monoisotopic (exact) mass is 324 g/mol. The molecule has 0 heterocycles. The molecule has 0 spiro atoms. The van der Waals surface area contributed by atoms with Crippen molar-refractivity contribution in [2.24, 2.45) is 0 Å². The zero-order valence-electron chi connectivity index (χ0n) is 16.5. The molecule has 0 aliphatic heterocycles. The molecule has 0 atom stereocenters. The Balaban J connectivity index is 2.85. The van der Waals surface area contributed by atoms with Gasteiger partial charge in [0.25, 0.3) is 0 Å². The highest BCUT2D eigenvalue weighted by Crippen LogP contribution is 2.40. The lowest BCUT2D eigenvalue weighted by Gasteiger charge is -2.24. The summed E-state index contributed by atoms with van der Waals surface area (Å²) in [5.41, 5.74) is 8.34. The Morgan fingerprint density at radius 1 is 0.750 bits per heavy atom. The molecule has 0 aromatic heterocycles. The molecule has 0 bridgehead atoms. The second-order valence-corrected chi connectivity index (χ2v) is 7.72. The largest absolute Gasteiger partial charge is 0.497 e. The fourth-order valence-corrected chi connectivity index (χ4v) is 3.26. The molecular formula is C23H32O. The number of ether oxygens (including phenoxy) is 1. The van der Waals surface area contributed by atoms with Gasteiger partial charge in [-0.05, 0) is 70.2 Å².